The summed E-state index contributed by atoms with van der Waals surface area (Å²) in [5, 5.41) is 9.96. The van der Waals surface area contributed by atoms with Gasteiger partial charge in [-0.15, -0.1) is 10.2 Å². The number of amides is 1. The van der Waals surface area contributed by atoms with Gasteiger partial charge in [0.1, 0.15) is 5.78 Å². The smallest absolute Gasteiger partial charge is 0.422 e. The van der Waals surface area contributed by atoms with Gasteiger partial charge in [0.05, 0.1) is 6.04 Å². The molecule has 2 heterocycles. The molecule has 0 aromatic carbocycles. The number of hydrogen-bond acceptors (Lipinski definition) is 6. The number of pyridine rings is 1. The van der Waals surface area contributed by atoms with Gasteiger partial charge in [-0.1, -0.05) is 13.8 Å². The molecule has 1 atom stereocenters. The first-order chi connectivity index (χ1) is 14.0. The molecule has 10 heteroatoms. The summed E-state index contributed by atoms with van der Waals surface area (Å²) in [6.07, 6.45) is -2.73. The number of hydrogen-bond donors (Lipinski definition) is 1. The molecule has 30 heavy (non-hydrogen) atoms. The molecule has 1 unspecified atom stereocenters. The van der Waals surface area contributed by atoms with Crippen LogP contribution in [-0.4, -0.2) is 39.7 Å². The predicted molar refractivity (Wildman–Crippen MR) is 102 cm³/mol. The number of carbonyl (C=O) groups excluding carboxylic acids is 2. The van der Waals surface area contributed by atoms with Crippen LogP contribution >= 0.6 is 0 Å². The minimum atomic E-state index is -4.50. The summed E-state index contributed by atoms with van der Waals surface area (Å²) in [6, 6.07) is 4.35. The van der Waals surface area contributed by atoms with Crippen LogP contribution in [0.25, 0.3) is 0 Å². The Morgan fingerprint density at radius 1 is 1.17 bits per heavy atom. The van der Waals surface area contributed by atoms with Crippen molar-refractivity contribution < 1.29 is 27.5 Å². The van der Waals surface area contributed by atoms with Crippen LogP contribution in [0.15, 0.2) is 24.4 Å². The molecule has 0 aliphatic heterocycles. The molecule has 0 saturated heterocycles. The van der Waals surface area contributed by atoms with E-state index in [9.17, 15) is 22.8 Å². The molecule has 162 valence electrons. The van der Waals surface area contributed by atoms with Gasteiger partial charge in [-0.3, -0.25) is 14.6 Å². The number of alkyl halides is 3. The molecule has 7 nitrogen and oxygen atoms in total. The minimum Gasteiger partial charge on any atom is -0.467 e. The maximum absolute atomic E-state index is 12.5. The number of halogens is 3. The molecule has 2 rings (SSSR count). The molecule has 0 saturated carbocycles. The first-order valence-corrected chi connectivity index (χ1v) is 9.28. The Hall–Kier alpha value is -3.04. The second-order valence-corrected chi connectivity index (χ2v) is 7.20. The molecular formula is C20H23F3N4O3. The quantitative estimate of drug-likeness (QED) is 0.698. The fraction of sp³-hybridized carbons (Fsp3) is 0.450. The number of nitrogens with zero attached hydrogens (tertiary/aromatic N) is 3. The zero-order chi connectivity index (χ0) is 22.5. The lowest BCUT2D eigenvalue weighted by atomic mass is 10.0. The minimum absolute atomic E-state index is 0.0528. The van der Waals surface area contributed by atoms with Crippen molar-refractivity contribution in [3.05, 3.63) is 46.9 Å². The number of ketones is 1. The number of nitrogens with one attached hydrogen (secondary N) is 1. The lowest BCUT2D eigenvalue weighted by molar-refractivity contribution is -0.154. The van der Waals surface area contributed by atoms with Crippen molar-refractivity contribution in [1.29, 1.82) is 0 Å². The SMILES string of the molecule is Cc1cc(C(=O)NC(C)c2ccnc(CC(=O)C(C)C)c2)nnc1OCC(F)(F)F. The first-order valence-electron chi connectivity index (χ1n) is 9.28. The zero-order valence-corrected chi connectivity index (χ0v) is 17.1. The zero-order valence-electron chi connectivity index (χ0n) is 17.1. The average molecular weight is 424 g/mol. The summed E-state index contributed by atoms with van der Waals surface area (Å²) in [5.74, 6) is -0.866. The Kier molecular flexibility index (Phi) is 7.47. The van der Waals surface area contributed by atoms with E-state index in [0.29, 0.717) is 5.69 Å². The van der Waals surface area contributed by atoms with E-state index in [1.54, 1.807) is 25.3 Å². The number of rotatable bonds is 8. The third-order valence-electron chi connectivity index (χ3n) is 4.23. The van der Waals surface area contributed by atoms with E-state index in [0.717, 1.165) is 5.56 Å². The van der Waals surface area contributed by atoms with Crippen molar-refractivity contribution >= 4 is 11.7 Å². The second-order valence-electron chi connectivity index (χ2n) is 7.20. The average Bonchev–Trinajstić information content (AvgIpc) is 2.66. The first kappa shape index (κ1) is 23.2. The van der Waals surface area contributed by atoms with Gasteiger partial charge >= 0.3 is 6.18 Å². The van der Waals surface area contributed by atoms with Crippen molar-refractivity contribution in [3.63, 3.8) is 0 Å². The third kappa shape index (κ3) is 6.78. The standard InChI is InChI=1S/C20H23F3N4O3/c1-11(2)17(28)9-15-8-14(5-6-24-15)13(4)25-18(29)16-7-12(3)19(27-26-16)30-10-20(21,22)23/h5-8,11,13H,9-10H2,1-4H3,(H,25,29). The Balaban J connectivity index is 2.05. The summed E-state index contributed by atoms with van der Waals surface area (Å²) < 4.78 is 41.4. The molecule has 2 aromatic heterocycles. The van der Waals surface area contributed by atoms with Crippen molar-refractivity contribution in [2.45, 2.75) is 46.3 Å². The van der Waals surface area contributed by atoms with E-state index in [1.807, 2.05) is 13.8 Å². The number of aryl methyl sites for hydroxylation is 1. The Morgan fingerprint density at radius 3 is 2.47 bits per heavy atom. The summed E-state index contributed by atoms with van der Waals surface area (Å²) in [6.45, 7) is 5.37. The largest absolute Gasteiger partial charge is 0.467 e. The van der Waals surface area contributed by atoms with Crippen LogP contribution in [0.2, 0.25) is 0 Å². The van der Waals surface area contributed by atoms with Crippen molar-refractivity contribution in [3.8, 4) is 5.88 Å². The lowest BCUT2D eigenvalue weighted by Crippen LogP contribution is -2.28. The fourth-order valence-corrected chi connectivity index (χ4v) is 2.48. The third-order valence-corrected chi connectivity index (χ3v) is 4.23. The van der Waals surface area contributed by atoms with E-state index < -0.39 is 24.7 Å². The molecule has 0 aliphatic carbocycles. The van der Waals surface area contributed by atoms with Gasteiger partial charge in [0, 0.05) is 29.8 Å². The van der Waals surface area contributed by atoms with Crippen molar-refractivity contribution in [2.75, 3.05) is 6.61 Å². The maximum atomic E-state index is 12.5. The molecule has 1 N–H and O–H groups in total. The summed E-state index contributed by atoms with van der Waals surface area (Å²) in [5.41, 5.74) is 1.56. The molecular weight excluding hydrogens is 401 g/mol. The van der Waals surface area contributed by atoms with Crippen LogP contribution in [0.1, 0.15) is 54.1 Å². The van der Waals surface area contributed by atoms with Crippen LogP contribution in [-0.2, 0) is 11.2 Å². The lowest BCUT2D eigenvalue weighted by Gasteiger charge is -2.15. The summed E-state index contributed by atoms with van der Waals surface area (Å²) in [7, 11) is 0. The number of ether oxygens (including phenoxy) is 1. The van der Waals surface area contributed by atoms with Crippen LogP contribution < -0.4 is 10.1 Å². The highest BCUT2D eigenvalue weighted by Gasteiger charge is 2.29. The molecule has 2 aromatic rings. The van der Waals surface area contributed by atoms with Gasteiger partial charge in [0.15, 0.2) is 12.3 Å². The van der Waals surface area contributed by atoms with E-state index in [1.165, 1.54) is 13.0 Å². The van der Waals surface area contributed by atoms with Gasteiger partial charge in [-0.25, -0.2) is 0 Å². The molecule has 0 bridgehead atoms. The van der Waals surface area contributed by atoms with Crippen LogP contribution in [0.5, 0.6) is 5.88 Å². The molecule has 1 amide bonds. The van der Waals surface area contributed by atoms with Gasteiger partial charge in [0.2, 0.25) is 5.88 Å². The van der Waals surface area contributed by atoms with Gasteiger partial charge in [-0.05, 0) is 37.6 Å². The van der Waals surface area contributed by atoms with E-state index in [4.69, 9.17) is 0 Å². The van der Waals surface area contributed by atoms with Gasteiger partial charge in [0.25, 0.3) is 5.91 Å². The molecule has 0 spiro atoms. The van der Waals surface area contributed by atoms with Crippen molar-refractivity contribution in [1.82, 2.24) is 20.5 Å². The highest BCUT2D eigenvalue weighted by atomic mass is 19.4. The summed E-state index contributed by atoms with van der Waals surface area (Å²) >= 11 is 0. The van der Waals surface area contributed by atoms with Crippen LogP contribution in [0.3, 0.4) is 0 Å². The predicted octanol–water partition coefficient (Wildman–Crippen LogP) is 3.38. The van der Waals surface area contributed by atoms with Gasteiger partial charge in [-0.2, -0.15) is 13.2 Å². The highest BCUT2D eigenvalue weighted by molar-refractivity contribution is 5.92. The van der Waals surface area contributed by atoms with Gasteiger partial charge < -0.3 is 10.1 Å². The molecule has 0 fully saturated rings. The monoisotopic (exact) mass is 424 g/mol. The summed E-state index contributed by atoms with van der Waals surface area (Å²) in [4.78, 5) is 28.6. The molecule has 0 radical (unpaired) electrons. The number of Topliss-reactive ketones (excluding diaryl/α,β-unsaturated/α-hetero) is 1. The van der Waals surface area contributed by atoms with Crippen molar-refractivity contribution in [2.24, 2.45) is 5.92 Å². The number of carbonyl (C=O) groups is 2. The Labute approximate surface area is 172 Å². The number of aromatic nitrogens is 3. The Bertz CT molecular complexity index is 916. The van der Waals surface area contributed by atoms with E-state index in [-0.39, 0.29) is 35.3 Å². The van der Waals surface area contributed by atoms with Crippen LogP contribution in [0, 0.1) is 12.8 Å². The topological polar surface area (TPSA) is 94.1 Å². The van der Waals surface area contributed by atoms with Crippen LogP contribution in [0.4, 0.5) is 13.2 Å². The molecule has 0 aliphatic rings. The second kappa shape index (κ2) is 9.64. The highest BCUT2D eigenvalue weighted by Crippen LogP contribution is 2.20. The maximum Gasteiger partial charge on any atom is 0.422 e. The van der Waals surface area contributed by atoms with E-state index in [2.05, 4.69) is 25.2 Å². The fourth-order valence-electron chi connectivity index (χ4n) is 2.48. The van der Waals surface area contributed by atoms with E-state index >= 15 is 0 Å². The Morgan fingerprint density at radius 2 is 1.87 bits per heavy atom. The normalized spacial score (nSPS) is 12.5.